The Balaban J connectivity index is 2.87. The van der Waals surface area contributed by atoms with Crippen LogP contribution >= 0.6 is 0 Å². The van der Waals surface area contributed by atoms with Crippen molar-refractivity contribution >= 4 is 17.8 Å². The fourth-order valence-corrected chi connectivity index (χ4v) is 3.09. The average molecular weight is 422 g/mol. The fraction of sp³-hybridized carbons (Fsp3) is 0.591. The molecule has 0 aliphatic heterocycles. The van der Waals surface area contributed by atoms with Crippen molar-refractivity contribution in [3.8, 4) is 0 Å². The first-order valence-electron chi connectivity index (χ1n) is 10.2. The zero-order valence-electron chi connectivity index (χ0n) is 18.4. The van der Waals surface area contributed by atoms with E-state index in [1.165, 1.54) is 7.11 Å². The van der Waals surface area contributed by atoms with E-state index in [4.69, 9.17) is 10.5 Å². The van der Waals surface area contributed by atoms with Crippen molar-refractivity contribution in [1.29, 1.82) is 0 Å². The second-order valence-electron chi connectivity index (χ2n) is 8.24. The molecule has 0 spiro atoms. The second kappa shape index (κ2) is 12.3. The Labute approximate surface area is 178 Å². The minimum absolute atomic E-state index is 0.213. The molecule has 0 aliphatic rings. The van der Waals surface area contributed by atoms with Gasteiger partial charge in [-0.05, 0) is 23.8 Å². The molecule has 0 heterocycles. The lowest BCUT2D eigenvalue weighted by atomic mass is 9.98. The zero-order chi connectivity index (χ0) is 22.8. The van der Waals surface area contributed by atoms with Gasteiger partial charge in [-0.1, -0.05) is 58.0 Å². The highest BCUT2D eigenvalue weighted by Gasteiger charge is 2.32. The van der Waals surface area contributed by atoms with Crippen molar-refractivity contribution in [1.82, 2.24) is 10.6 Å². The molecule has 2 amide bonds. The molecule has 30 heavy (non-hydrogen) atoms. The molecule has 0 aliphatic carbocycles. The summed E-state index contributed by atoms with van der Waals surface area (Å²) in [6.07, 6.45) is -0.712. The number of nitrogens with two attached hydrogens (primary N) is 1. The first kappa shape index (κ1) is 25.6. The highest BCUT2D eigenvalue weighted by molar-refractivity contribution is 5.92. The lowest BCUT2D eigenvalue weighted by Crippen LogP contribution is -2.57. The number of benzene rings is 1. The number of rotatable bonds is 11. The van der Waals surface area contributed by atoms with Crippen LogP contribution in [-0.2, 0) is 25.5 Å². The summed E-state index contributed by atoms with van der Waals surface area (Å²) in [7, 11) is 1.25. The first-order chi connectivity index (χ1) is 14.1. The monoisotopic (exact) mass is 421 g/mol. The zero-order valence-corrected chi connectivity index (χ0v) is 18.4. The Bertz CT molecular complexity index is 693. The number of methoxy groups -OCH3 is 1. The van der Waals surface area contributed by atoms with Crippen LogP contribution in [0.3, 0.4) is 0 Å². The number of amides is 2. The highest BCUT2D eigenvalue weighted by Crippen LogP contribution is 2.10. The van der Waals surface area contributed by atoms with Crippen LogP contribution in [-0.4, -0.2) is 54.2 Å². The van der Waals surface area contributed by atoms with E-state index in [1.54, 1.807) is 13.8 Å². The second-order valence-corrected chi connectivity index (χ2v) is 8.24. The number of esters is 1. The minimum Gasteiger partial charge on any atom is -0.467 e. The smallest absolute Gasteiger partial charge is 0.328 e. The molecular weight excluding hydrogens is 386 g/mol. The van der Waals surface area contributed by atoms with Crippen molar-refractivity contribution in [2.24, 2.45) is 17.6 Å². The number of carbonyl (C=O) groups excluding carboxylic acids is 3. The summed E-state index contributed by atoms with van der Waals surface area (Å²) in [5.74, 6) is -1.90. The van der Waals surface area contributed by atoms with Gasteiger partial charge < -0.3 is 26.2 Å². The summed E-state index contributed by atoms with van der Waals surface area (Å²) in [6.45, 7) is 7.40. The van der Waals surface area contributed by atoms with Crippen LogP contribution in [0.4, 0.5) is 0 Å². The topological polar surface area (TPSA) is 131 Å². The molecule has 1 rings (SSSR count). The van der Waals surface area contributed by atoms with Gasteiger partial charge >= 0.3 is 5.97 Å². The Morgan fingerprint density at radius 2 is 1.63 bits per heavy atom. The van der Waals surface area contributed by atoms with Crippen LogP contribution in [0.5, 0.6) is 0 Å². The number of hydrogen-bond acceptors (Lipinski definition) is 6. The fourth-order valence-electron chi connectivity index (χ4n) is 3.09. The molecule has 0 unspecified atom stereocenters. The van der Waals surface area contributed by atoms with Crippen LogP contribution < -0.4 is 16.4 Å². The van der Waals surface area contributed by atoms with E-state index >= 15 is 0 Å². The molecule has 5 N–H and O–H groups in total. The molecule has 0 saturated heterocycles. The number of hydrogen-bond donors (Lipinski definition) is 4. The van der Waals surface area contributed by atoms with Gasteiger partial charge in [0.1, 0.15) is 18.2 Å². The van der Waals surface area contributed by atoms with E-state index in [9.17, 15) is 19.5 Å². The van der Waals surface area contributed by atoms with Gasteiger partial charge in [-0.2, -0.15) is 0 Å². The van der Waals surface area contributed by atoms with Gasteiger partial charge in [0.2, 0.25) is 5.91 Å². The van der Waals surface area contributed by atoms with Crippen LogP contribution in [0.2, 0.25) is 0 Å². The molecular formula is C22H35N3O5. The Kier molecular flexibility index (Phi) is 10.5. The highest BCUT2D eigenvalue weighted by atomic mass is 16.5. The van der Waals surface area contributed by atoms with Gasteiger partial charge in [0.25, 0.3) is 5.91 Å². The maximum atomic E-state index is 12.9. The molecule has 168 valence electrons. The molecule has 8 nitrogen and oxygen atoms in total. The van der Waals surface area contributed by atoms with Crippen LogP contribution in [0.15, 0.2) is 30.3 Å². The summed E-state index contributed by atoms with van der Waals surface area (Å²) < 4.78 is 4.82. The number of ether oxygens (including phenoxy) is 1. The van der Waals surface area contributed by atoms with Crippen LogP contribution in [0, 0.1) is 11.8 Å². The molecule has 1 aromatic rings. The van der Waals surface area contributed by atoms with E-state index < -0.39 is 42.0 Å². The number of aliphatic hydroxyl groups is 1. The van der Waals surface area contributed by atoms with Gasteiger partial charge in [0.05, 0.1) is 7.11 Å². The predicted octanol–water partition coefficient (Wildman–Crippen LogP) is 0.762. The molecule has 1 aromatic carbocycles. The summed E-state index contributed by atoms with van der Waals surface area (Å²) in [6, 6.07) is 6.63. The standard InChI is InChI=1S/C22H35N3O5/c1-13(2)11-16(23)19(26)21(28)25-18(14(3)4)20(27)24-17(22(29)30-5)12-15-9-7-6-8-10-15/h6-10,13-14,16-19,26H,11-12,23H2,1-5H3,(H,24,27)(H,25,28)/t16-,17-,18-,19-/m0/s1. The number of carbonyl (C=O) groups is 3. The first-order valence-corrected chi connectivity index (χ1v) is 10.2. The molecule has 4 atom stereocenters. The maximum Gasteiger partial charge on any atom is 0.328 e. The third-order valence-electron chi connectivity index (χ3n) is 4.75. The van der Waals surface area contributed by atoms with Gasteiger partial charge in [0.15, 0.2) is 0 Å². The third kappa shape index (κ3) is 8.12. The molecule has 0 radical (unpaired) electrons. The van der Waals surface area contributed by atoms with Crippen molar-refractivity contribution < 1.29 is 24.2 Å². The van der Waals surface area contributed by atoms with Gasteiger partial charge in [-0.3, -0.25) is 9.59 Å². The van der Waals surface area contributed by atoms with Crippen molar-refractivity contribution in [3.63, 3.8) is 0 Å². The van der Waals surface area contributed by atoms with E-state index in [0.29, 0.717) is 6.42 Å². The lowest BCUT2D eigenvalue weighted by molar-refractivity contribution is -0.145. The molecule has 0 fully saturated rings. The summed E-state index contributed by atoms with van der Waals surface area (Å²) >= 11 is 0. The lowest BCUT2D eigenvalue weighted by Gasteiger charge is -2.27. The van der Waals surface area contributed by atoms with Gasteiger partial charge in [0, 0.05) is 12.5 Å². The largest absolute Gasteiger partial charge is 0.467 e. The Morgan fingerprint density at radius 3 is 2.13 bits per heavy atom. The van der Waals surface area contributed by atoms with Crippen molar-refractivity contribution in [2.45, 2.75) is 64.8 Å². The predicted molar refractivity (Wildman–Crippen MR) is 114 cm³/mol. The molecule has 0 bridgehead atoms. The van der Waals surface area contributed by atoms with Crippen LogP contribution in [0.1, 0.15) is 39.7 Å². The number of nitrogens with one attached hydrogen (secondary N) is 2. The number of aliphatic hydroxyl groups excluding tert-OH is 1. The summed E-state index contributed by atoms with van der Waals surface area (Å²) in [5.41, 5.74) is 6.75. The summed E-state index contributed by atoms with van der Waals surface area (Å²) in [5, 5.41) is 15.4. The summed E-state index contributed by atoms with van der Waals surface area (Å²) in [4.78, 5) is 37.5. The maximum absolute atomic E-state index is 12.9. The molecule has 0 saturated carbocycles. The van der Waals surface area contributed by atoms with Gasteiger partial charge in [-0.25, -0.2) is 4.79 Å². The van der Waals surface area contributed by atoms with Crippen molar-refractivity contribution in [2.75, 3.05) is 7.11 Å². The van der Waals surface area contributed by atoms with E-state index in [0.717, 1.165) is 5.56 Å². The quantitative estimate of drug-likeness (QED) is 0.390. The SMILES string of the molecule is COC(=O)[C@H](Cc1ccccc1)NC(=O)[C@@H](NC(=O)[C@@H](O)[C@@H](N)CC(C)C)C(C)C. The van der Waals surface area contributed by atoms with Crippen molar-refractivity contribution in [3.05, 3.63) is 35.9 Å². The Hall–Kier alpha value is -2.45. The third-order valence-corrected chi connectivity index (χ3v) is 4.75. The Morgan fingerprint density at radius 1 is 1.03 bits per heavy atom. The van der Waals surface area contributed by atoms with Crippen LogP contribution in [0.25, 0.3) is 0 Å². The van der Waals surface area contributed by atoms with E-state index in [2.05, 4.69) is 10.6 Å². The normalized spacial score (nSPS) is 15.2. The van der Waals surface area contributed by atoms with E-state index in [-0.39, 0.29) is 18.3 Å². The average Bonchev–Trinajstić information content (AvgIpc) is 2.69. The van der Waals surface area contributed by atoms with Gasteiger partial charge in [-0.15, -0.1) is 0 Å². The minimum atomic E-state index is -1.43. The molecule has 0 aromatic heterocycles. The van der Waals surface area contributed by atoms with E-state index in [1.807, 2.05) is 44.2 Å². The molecule has 8 heteroatoms.